The predicted octanol–water partition coefficient (Wildman–Crippen LogP) is 2.71. The lowest BCUT2D eigenvalue weighted by Gasteiger charge is -2.19. The van der Waals surface area contributed by atoms with E-state index < -0.39 is 0 Å². The number of benzene rings is 1. The van der Waals surface area contributed by atoms with Gasteiger partial charge in [0.15, 0.2) is 0 Å². The van der Waals surface area contributed by atoms with Gasteiger partial charge in [0.25, 0.3) is 0 Å². The molecule has 114 valence electrons. The number of rotatable bonds is 7. The van der Waals surface area contributed by atoms with Crippen LogP contribution in [0.3, 0.4) is 0 Å². The minimum absolute atomic E-state index is 0.0944. The van der Waals surface area contributed by atoms with Crippen LogP contribution in [0.2, 0.25) is 5.02 Å². The molecule has 0 bridgehead atoms. The maximum Gasteiger partial charge on any atom is 0.226 e. The summed E-state index contributed by atoms with van der Waals surface area (Å²) in [6.07, 6.45) is 1.81. The summed E-state index contributed by atoms with van der Waals surface area (Å²) in [7, 11) is 1.51. The fourth-order valence-corrected chi connectivity index (χ4v) is 1.93. The van der Waals surface area contributed by atoms with Crippen LogP contribution in [0.15, 0.2) is 30.9 Å². The van der Waals surface area contributed by atoms with Crippen LogP contribution in [0.1, 0.15) is 13.3 Å². The largest absolute Gasteiger partial charge is 0.495 e. The zero-order valence-electron chi connectivity index (χ0n) is 12.2. The minimum Gasteiger partial charge on any atom is -0.495 e. The Hall–Kier alpha value is -2.01. The summed E-state index contributed by atoms with van der Waals surface area (Å²) in [6, 6.07) is 4.97. The Labute approximate surface area is 129 Å². The molecule has 1 aromatic carbocycles. The Morgan fingerprint density at radius 2 is 2.19 bits per heavy atom. The summed E-state index contributed by atoms with van der Waals surface area (Å²) in [4.78, 5) is 24.9. The lowest BCUT2D eigenvalue weighted by atomic mass is 10.2. The minimum atomic E-state index is -0.217. The first-order valence-electron chi connectivity index (χ1n) is 6.47. The summed E-state index contributed by atoms with van der Waals surface area (Å²) < 4.78 is 5.15. The maximum absolute atomic E-state index is 11.9. The van der Waals surface area contributed by atoms with E-state index >= 15 is 0 Å². The van der Waals surface area contributed by atoms with Crippen LogP contribution in [0.25, 0.3) is 0 Å². The topological polar surface area (TPSA) is 58.6 Å². The molecule has 0 saturated carbocycles. The first-order valence-corrected chi connectivity index (χ1v) is 6.85. The van der Waals surface area contributed by atoms with Crippen molar-refractivity contribution in [3.05, 3.63) is 35.9 Å². The van der Waals surface area contributed by atoms with Gasteiger partial charge in [0.1, 0.15) is 5.75 Å². The van der Waals surface area contributed by atoms with Crippen LogP contribution in [0, 0.1) is 0 Å². The Morgan fingerprint density at radius 1 is 1.48 bits per heavy atom. The van der Waals surface area contributed by atoms with E-state index in [9.17, 15) is 9.59 Å². The third-order valence-electron chi connectivity index (χ3n) is 2.84. The molecule has 2 amide bonds. The van der Waals surface area contributed by atoms with Gasteiger partial charge in [-0.15, -0.1) is 6.58 Å². The predicted molar refractivity (Wildman–Crippen MR) is 83.7 cm³/mol. The number of nitrogens with one attached hydrogen (secondary N) is 1. The van der Waals surface area contributed by atoms with E-state index in [0.29, 0.717) is 29.5 Å². The smallest absolute Gasteiger partial charge is 0.226 e. The Balaban J connectivity index is 2.63. The van der Waals surface area contributed by atoms with Crippen LogP contribution in [0.4, 0.5) is 5.69 Å². The van der Waals surface area contributed by atoms with Crippen LogP contribution >= 0.6 is 11.6 Å². The van der Waals surface area contributed by atoms with E-state index in [1.165, 1.54) is 14.0 Å². The number of carbonyl (C=O) groups excluding carboxylic acids is 2. The normalized spacial score (nSPS) is 9.86. The van der Waals surface area contributed by atoms with Crippen LogP contribution < -0.4 is 10.1 Å². The molecule has 0 aromatic heterocycles. The SMILES string of the molecule is C=CCN(CCC(=O)Nc1cc(Cl)ccc1OC)C(C)=O. The molecule has 0 atom stereocenters. The average molecular weight is 311 g/mol. The molecule has 0 spiro atoms. The van der Waals surface area contributed by atoms with Gasteiger partial charge in [-0.3, -0.25) is 9.59 Å². The average Bonchev–Trinajstić information content (AvgIpc) is 2.43. The zero-order chi connectivity index (χ0) is 15.8. The molecule has 0 radical (unpaired) electrons. The van der Waals surface area contributed by atoms with Crippen molar-refractivity contribution in [2.24, 2.45) is 0 Å². The molecule has 1 aromatic rings. The molecule has 0 aliphatic rings. The molecule has 1 N–H and O–H groups in total. The van der Waals surface area contributed by atoms with E-state index in [-0.39, 0.29) is 18.2 Å². The fraction of sp³-hybridized carbons (Fsp3) is 0.333. The highest BCUT2D eigenvalue weighted by atomic mass is 35.5. The molecular formula is C15H19ClN2O3. The molecular weight excluding hydrogens is 292 g/mol. The van der Waals surface area contributed by atoms with Crippen molar-refractivity contribution in [1.82, 2.24) is 4.90 Å². The van der Waals surface area contributed by atoms with Crippen molar-refractivity contribution in [3.8, 4) is 5.75 Å². The molecule has 0 aliphatic heterocycles. The molecule has 21 heavy (non-hydrogen) atoms. The first kappa shape index (κ1) is 17.0. The molecule has 0 saturated heterocycles. The standard InChI is InChI=1S/C15H19ClN2O3/c1-4-8-18(11(2)19)9-7-15(20)17-13-10-12(16)5-6-14(13)21-3/h4-6,10H,1,7-9H2,2-3H3,(H,17,20). The number of halogens is 1. The van der Waals surface area contributed by atoms with Gasteiger partial charge in [-0.1, -0.05) is 17.7 Å². The molecule has 0 heterocycles. The second-order valence-corrected chi connectivity index (χ2v) is 4.83. The molecule has 1 rings (SSSR count). The van der Waals surface area contributed by atoms with Crippen LogP contribution in [0.5, 0.6) is 5.75 Å². The van der Waals surface area contributed by atoms with Gasteiger partial charge in [-0.05, 0) is 18.2 Å². The summed E-state index contributed by atoms with van der Waals surface area (Å²) in [5.41, 5.74) is 0.507. The van der Waals surface area contributed by atoms with Crippen molar-refractivity contribution >= 4 is 29.1 Å². The number of hydrogen-bond donors (Lipinski definition) is 1. The zero-order valence-corrected chi connectivity index (χ0v) is 12.9. The highest BCUT2D eigenvalue weighted by Crippen LogP contribution is 2.27. The van der Waals surface area contributed by atoms with Crippen molar-refractivity contribution in [1.29, 1.82) is 0 Å². The van der Waals surface area contributed by atoms with Gasteiger partial charge in [0.05, 0.1) is 12.8 Å². The third-order valence-corrected chi connectivity index (χ3v) is 3.07. The molecule has 6 heteroatoms. The molecule has 0 unspecified atom stereocenters. The molecule has 5 nitrogen and oxygen atoms in total. The van der Waals surface area contributed by atoms with Gasteiger partial charge in [0, 0.05) is 31.5 Å². The van der Waals surface area contributed by atoms with Gasteiger partial charge < -0.3 is 15.0 Å². The van der Waals surface area contributed by atoms with E-state index in [4.69, 9.17) is 16.3 Å². The van der Waals surface area contributed by atoms with Crippen molar-refractivity contribution in [3.63, 3.8) is 0 Å². The first-order chi connectivity index (χ1) is 9.97. The van der Waals surface area contributed by atoms with E-state index in [1.54, 1.807) is 29.2 Å². The maximum atomic E-state index is 11.9. The summed E-state index contributed by atoms with van der Waals surface area (Å²) >= 11 is 5.90. The van der Waals surface area contributed by atoms with E-state index in [2.05, 4.69) is 11.9 Å². The number of methoxy groups -OCH3 is 1. The Morgan fingerprint density at radius 3 is 2.76 bits per heavy atom. The number of ether oxygens (including phenoxy) is 1. The monoisotopic (exact) mass is 310 g/mol. The molecule has 0 fully saturated rings. The lowest BCUT2D eigenvalue weighted by molar-refractivity contribution is -0.128. The summed E-state index contributed by atoms with van der Waals surface area (Å²) in [5, 5.41) is 3.23. The highest BCUT2D eigenvalue weighted by Gasteiger charge is 2.12. The Kier molecular flexibility index (Phi) is 6.75. The second kappa shape index (κ2) is 8.32. The molecule has 0 aliphatic carbocycles. The van der Waals surface area contributed by atoms with Gasteiger partial charge in [0.2, 0.25) is 11.8 Å². The van der Waals surface area contributed by atoms with Crippen LogP contribution in [-0.4, -0.2) is 36.9 Å². The van der Waals surface area contributed by atoms with Gasteiger partial charge in [-0.25, -0.2) is 0 Å². The number of nitrogens with zero attached hydrogens (tertiary/aromatic N) is 1. The number of anilines is 1. The van der Waals surface area contributed by atoms with Gasteiger partial charge in [-0.2, -0.15) is 0 Å². The van der Waals surface area contributed by atoms with E-state index in [1.807, 2.05) is 0 Å². The van der Waals surface area contributed by atoms with Crippen molar-refractivity contribution in [2.45, 2.75) is 13.3 Å². The van der Waals surface area contributed by atoms with Crippen molar-refractivity contribution < 1.29 is 14.3 Å². The summed E-state index contributed by atoms with van der Waals surface area (Å²) in [6.45, 7) is 5.79. The number of carbonyl (C=O) groups is 2. The lowest BCUT2D eigenvalue weighted by Crippen LogP contribution is -2.32. The van der Waals surface area contributed by atoms with Crippen LogP contribution in [-0.2, 0) is 9.59 Å². The number of hydrogen-bond acceptors (Lipinski definition) is 3. The van der Waals surface area contributed by atoms with Crippen molar-refractivity contribution in [2.75, 3.05) is 25.5 Å². The summed E-state index contributed by atoms with van der Waals surface area (Å²) in [5.74, 6) is 0.219. The fourth-order valence-electron chi connectivity index (χ4n) is 1.76. The highest BCUT2D eigenvalue weighted by molar-refractivity contribution is 6.31. The number of amides is 2. The van der Waals surface area contributed by atoms with Gasteiger partial charge >= 0.3 is 0 Å². The Bertz CT molecular complexity index is 532. The van der Waals surface area contributed by atoms with E-state index in [0.717, 1.165) is 0 Å². The quantitative estimate of drug-likeness (QED) is 0.788. The third kappa shape index (κ3) is 5.47. The second-order valence-electron chi connectivity index (χ2n) is 4.40.